The van der Waals surface area contributed by atoms with Crippen LogP contribution in [0, 0.1) is 11.8 Å². The molecular formula is C29H29F9O6. The first-order valence-corrected chi connectivity index (χ1v) is 13.9. The third-order valence-electron chi connectivity index (χ3n) is 7.96. The number of hydrogen-bond donors (Lipinski definition) is 0. The van der Waals surface area contributed by atoms with Gasteiger partial charge in [-0.1, -0.05) is 13.3 Å². The number of rotatable bonds is 11. The molecular weight excluding hydrogens is 615 g/mol. The Labute approximate surface area is 246 Å². The lowest BCUT2D eigenvalue weighted by Crippen LogP contribution is -2.45. The van der Waals surface area contributed by atoms with Gasteiger partial charge in [0.2, 0.25) is 0 Å². The molecule has 2 heterocycles. The van der Waals surface area contributed by atoms with Crippen LogP contribution < -0.4 is 9.47 Å². The molecule has 2 bridgehead atoms. The molecule has 2 aromatic carbocycles. The van der Waals surface area contributed by atoms with Crippen molar-refractivity contribution in [1.29, 1.82) is 0 Å². The lowest BCUT2D eigenvalue weighted by molar-refractivity contribution is -0.431. The molecule has 2 aromatic rings. The van der Waals surface area contributed by atoms with Gasteiger partial charge >= 0.3 is 24.7 Å². The normalized spacial score (nSPS) is 27.9. The molecule has 6 nitrogen and oxygen atoms in total. The number of hydrogen-bond acceptors (Lipinski definition) is 6. The van der Waals surface area contributed by atoms with E-state index in [4.69, 9.17) is 18.9 Å². The van der Waals surface area contributed by atoms with Crippen LogP contribution in [-0.2, 0) is 31.2 Å². The lowest BCUT2D eigenvalue weighted by Gasteiger charge is -2.38. The van der Waals surface area contributed by atoms with Crippen LogP contribution in [0.25, 0.3) is 0 Å². The summed E-state index contributed by atoms with van der Waals surface area (Å²) in [7, 11) is 0. The monoisotopic (exact) mass is 644 g/mol. The van der Waals surface area contributed by atoms with Crippen LogP contribution in [0.2, 0.25) is 0 Å². The van der Waals surface area contributed by atoms with Crippen LogP contribution in [0.4, 0.5) is 39.5 Å². The van der Waals surface area contributed by atoms with E-state index in [-0.39, 0.29) is 24.5 Å². The first-order valence-electron chi connectivity index (χ1n) is 13.9. The van der Waals surface area contributed by atoms with E-state index in [1.807, 2.05) is 6.92 Å². The smallest absolute Gasteiger partial charge is 0.432 e. The Morgan fingerprint density at radius 2 is 1.20 bits per heavy atom. The molecule has 0 N–H and O–H groups in total. The van der Waals surface area contributed by atoms with Crippen LogP contribution in [0.5, 0.6) is 11.5 Å². The highest BCUT2D eigenvalue weighted by Gasteiger charge is 2.62. The summed E-state index contributed by atoms with van der Waals surface area (Å²) in [5.74, 6) is -3.62. The van der Waals surface area contributed by atoms with Crippen LogP contribution in [0.3, 0.4) is 0 Å². The van der Waals surface area contributed by atoms with E-state index < -0.39 is 59.1 Å². The van der Waals surface area contributed by atoms with E-state index in [1.54, 1.807) is 0 Å². The molecule has 0 unspecified atom stereocenters. The van der Waals surface area contributed by atoms with Gasteiger partial charge < -0.3 is 23.7 Å². The van der Waals surface area contributed by atoms with Crippen molar-refractivity contribution < 1.29 is 67.9 Å². The standard InChI is InChI=1S/C29H29F9O6/c1-2-15-24-16-39-28(43-24,40-17-24)21-5-3-18(4-6-21)25(30,31)41-22-11-7-19(8-12-22)26(32,33)42-23-13-9-20(10-14-23)27(34,35)44-29(36,37)38/h7-14,18,21H,2-6,15-17H2,1H3. The molecule has 1 aliphatic carbocycles. The van der Waals surface area contributed by atoms with E-state index in [0.29, 0.717) is 50.3 Å². The Morgan fingerprint density at radius 1 is 0.705 bits per heavy atom. The number of alkyl halides is 9. The molecule has 2 saturated heterocycles. The highest BCUT2D eigenvalue weighted by molar-refractivity contribution is 5.32. The van der Waals surface area contributed by atoms with Gasteiger partial charge in [0, 0.05) is 5.92 Å². The first-order chi connectivity index (χ1) is 20.5. The van der Waals surface area contributed by atoms with E-state index >= 15 is 8.78 Å². The summed E-state index contributed by atoms with van der Waals surface area (Å²) < 4.78 is 153. The molecule has 0 amide bonds. The van der Waals surface area contributed by atoms with Crippen molar-refractivity contribution in [3.05, 3.63) is 59.7 Å². The molecule has 2 aliphatic heterocycles. The Morgan fingerprint density at radius 3 is 1.70 bits per heavy atom. The van der Waals surface area contributed by atoms with Crippen molar-refractivity contribution in [1.82, 2.24) is 0 Å². The van der Waals surface area contributed by atoms with E-state index in [2.05, 4.69) is 9.47 Å². The van der Waals surface area contributed by atoms with Crippen molar-refractivity contribution >= 4 is 0 Å². The Bertz CT molecular complexity index is 1270. The molecule has 244 valence electrons. The van der Waals surface area contributed by atoms with Gasteiger partial charge in [0.1, 0.15) is 17.1 Å². The molecule has 0 aromatic heterocycles. The van der Waals surface area contributed by atoms with Gasteiger partial charge in [0.25, 0.3) is 5.97 Å². The van der Waals surface area contributed by atoms with Crippen molar-refractivity contribution in [3.63, 3.8) is 0 Å². The summed E-state index contributed by atoms with van der Waals surface area (Å²) >= 11 is 0. The van der Waals surface area contributed by atoms with Crippen molar-refractivity contribution in [3.8, 4) is 11.5 Å². The molecule has 0 radical (unpaired) electrons. The summed E-state index contributed by atoms with van der Waals surface area (Å²) in [5, 5.41) is 0. The number of benzene rings is 2. The highest BCUT2D eigenvalue weighted by Crippen LogP contribution is 2.52. The van der Waals surface area contributed by atoms with Gasteiger partial charge in [0.05, 0.1) is 30.3 Å². The highest BCUT2D eigenvalue weighted by atomic mass is 19.4. The summed E-state index contributed by atoms with van der Waals surface area (Å²) in [6, 6.07) is 5.45. The van der Waals surface area contributed by atoms with Gasteiger partial charge in [-0.05, 0) is 80.6 Å². The quantitative estimate of drug-likeness (QED) is 0.229. The SMILES string of the molecule is CCCC12COC(C3CCC(C(F)(F)Oc4ccc(C(F)(F)Oc5ccc(C(F)(F)OC(F)(F)F)cc5)cc4)CC3)(OC1)O2. The third-order valence-corrected chi connectivity index (χ3v) is 7.96. The summed E-state index contributed by atoms with van der Waals surface area (Å²) in [4.78, 5) is 0. The molecule has 0 spiro atoms. The Hall–Kier alpha value is -2.75. The van der Waals surface area contributed by atoms with E-state index in [0.717, 1.165) is 37.1 Å². The Balaban J connectivity index is 1.15. The second-order valence-electron chi connectivity index (χ2n) is 11.2. The largest absolute Gasteiger partial charge is 0.527 e. The van der Waals surface area contributed by atoms with Crippen molar-refractivity contribution in [2.45, 2.75) is 81.7 Å². The predicted octanol–water partition coefficient (Wildman–Crippen LogP) is 8.45. The van der Waals surface area contributed by atoms with Crippen LogP contribution in [0.15, 0.2) is 48.5 Å². The fourth-order valence-corrected chi connectivity index (χ4v) is 5.81. The number of halogens is 9. The molecule has 1 saturated carbocycles. The van der Waals surface area contributed by atoms with E-state index in [9.17, 15) is 30.7 Å². The van der Waals surface area contributed by atoms with Gasteiger partial charge in [-0.2, -0.15) is 26.3 Å². The zero-order chi connectivity index (χ0) is 32.0. The van der Waals surface area contributed by atoms with Crippen LogP contribution in [0.1, 0.15) is 56.6 Å². The van der Waals surface area contributed by atoms with Gasteiger partial charge in [0.15, 0.2) is 0 Å². The molecule has 3 fully saturated rings. The molecule has 0 atom stereocenters. The maximum Gasteiger partial charge on any atom is 0.527 e. The minimum absolute atomic E-state index is 0.0906. The summed E-state index contributed by atoms with van der Waals surface area (Å²) in [6.07, 6.45) is -15.5. The zero-order valence-corrected chi connectivity index (χ0v) is 23.3. The van der Waals surface area contributed by atoms with Crippen molar-refractivity contribution in [2.75, 3.05) is 13.2 Å². The van der Waals surface area contributed by atoms with Crippen LogP contribution >= 0.6 is 0 Å². The second kappa shape index (κ2) is 11.6. The summed E-state index contributed by atoms with van der Waals surface area (Å²) in [6.45, 7) is 2.81. The molecule has 44 heavy (non-hydrogen) atoms. The summed E-state index contributed by atoms with van der Waals surface area (Å²) in [5.41, 5.74) is -2.53. The maximum absolute atomic E-state index is 15.1. The number of ether oxygens (including phenoxy) is 6. The van der Waals surface area contributed by atoms with Crippen LogP contribution in [-0.4, -0.2) is 37.3 Å². The van der Waals surface area contributed by atoms with Gasteiger partial charge in [-0.25, -0.2) is 4.74 Å². The van der Waals surface area contributed by atoms with Gasteiger partial charge in [-0.15, -0.1) is 13.2 Å². The molecule has 15 heteroatoms. The lowest BCUT2D eigenvalue weighted by atomic mass is 9.80. The predicted molar refractivity (Wildman–Crippen MR) is 133 cm³/mol. The fraction of sp³-hybridized carbons (Fsp3) is 0.586. The molecule has 5 rings (SSSR count). The zero-order valence-electron chi connectivity index (χ0n) is 23.3. The third kappa shape index (κ3) is 6.90. The van der Waals surface area contributed by atoms with Gasteiger partial charge in [-0.3, -0.25) is 0 Å². The minimum atomic E-state index is -5.64. The first kappa shape index (κ1) is 32.6. The maximum atomic E-state index is 15.1. The average molecular weight is 645 g/mol. The fourth-order valence-electron chi connectivity index (χ4n) is 5.81. The van der Waals surface area contributed by atoms with E-state index in [1.165, 1.54) is 0 Å². The Kier molecular flexibility index (Phi) is 8.57. The number of fused-ring (bicyclic) bond motifs is 2. The second-order valence-corrected chi connectivity index (χ2v) is 11.2. The topological polar surface area (TPSA) is 55.4 Å². The molecule has 3 aliphatic rings. The van der Waals surface area contributed by atoms with Crippen molar-refractivity contribution in [2.24, 2.45) is 11.8 Å². The minimum Gasteiger partial charge on any atom is -0.432 e. The average Bonchev–Trinajstić information content (AvgIpc) is 3.50.